The van der Waals surface area contributed by atoms with Gasteiger partial charge in [0.25, 0.3) is 48.4 Å². The molecule has 0 amide bonds. The van der Waals surface area contributed by atoms with E-state index in [0.29, 0.717) is 0 Å². The number of nitrogens with zero attached hydrogens (tertiary/aromatic N) is 10. The van der Waals surface area contributed by atoms with Gasteiger partial charge in [-0.05, 0) is 0 Å². The number of phosphoric ester groups is 3. The zero-order valence-electron chi connectivity index (χ0n) is 38.7. The highest BCUT2D eigenvalue weighted by Gasteiger charge is 2.53. The third-order valence-corrected chi connectivity index (χ3v) is 16.7. The number of aryl methyl sites for hydroxylation is 1. The molecule has 3 saturated heterocycles. The number of nitrogens with one attached hydrogen (secondary N) is 2. The number of nitrogen functional groups attached to an aromatic ring is 3. The molecule has 3 fully saturated rings. The Hall–Kier alpha value is -5.64. The summed E-state index contributed by atoms with van der Waals surface area (Å²) in [4.78, 5) is 118. The van der Waals surface area contributed by atoms with Crippen LogP contribution in [-0.2, 0) is 75.8 Å². The van der Waals surface area contributed by atoms with Gasteiger partial charge in [-0.1, -0.05) is 4.98 Å². The lowest BCUT2D eigenvalue weighted by Gasteiger charge is -2.35. The van der Waals surface area contributed by atoms with Gasteiger partial charge < -0.3 is 94.2 Å². The number of fused-ring (bicyclic) bond motifs is 3. The van der Waals surface area contributed by atoms with E-state index < -0.39 is 142 Å². The van der Waals surface area contributed by atoms with E-state index in [0.717, 1.165) is 39.6 Å². The molecule has 0 spiro atoms. The van der Waals surface area contributed by atoms with Crippen molar-refractivity contribution in [1.29, 1.82) is 0 Å². The van der Waals surface area contributed by atoms with Gasteiger partial charge in [-0.2, -0.15) is 4.98 Å². The van der Waals surface area contributed by atoms with E-state index >= 15 is 0 Å². The zero-order chi connectivity index (χ0) is 55.8. The monoisotopic (exact) mass is 1170 g/mol. The normalized spacial score (nSPS) is 29.9. The Kier molecular flexibility index (Phi) is 15.2. The predicted octanol–water partition coefficient (Wildman–Crippen LogP) is -7.32. The van der Waals surface area contributed by atoms with E-state index in [4.69, 9.17) is 45.2 Å². The van der Waals surface area contributed by atoms with Gasteiger partial charge in [-0.25, -0.2) is 33.1 Å². The van der Waals surface area contributed by atoms with E-state index in [1.807, 2.05) is 0 Å². The molecule has 0 radical (unpaired) electrons. The molecule has 0 aromatic carbocycles. The quantitative estimate of drug-likeness (QED) is 0.0207. The summed E-state index contributed by atoms with van der Waals surface area (Å²) in [6.45, 7) is -3.08. The SMILES string of the molecule is CC(=O)OC1C(OP(=O)([O-])OCC2OC(n3cnc4c(=O)[nH]c(N)nc43)C(O)C2O)C(COP(=O)([O-])OP(=O)([O-])OP(=O)([O-])OCC2OC([n+]3cn(C)c4c(=O)[nH]c(N)nc43)C(O)C2O)OC1n1cnc2c(N)ncnc21. The first kappa shape index (κ1) is 56.1. The minimum absolute atomic E-state index is 0.0607. The number of rotatable bonds is 19. The predicted molar refractivity (Wildman–Crippen MR) is 235 cm³/mol. The van der Waals surface area contributed by atoms with Crippen LogP contribution in [0.25, 0.3) is 33.5 Å². The van der Waals surface area contributed by atoms with Crippen LogP contribution in [0, 0.1) is 0 Å². The molecule has 12 N–H and O–H groups in total. The van der Waals surface area contributed by atoms with Crippen molar-refractivity contribution < 1.29 is 113 Å². The summed E-state index contributed by atoms with van der Waals surface area (Å²) >= 11 is 0. The lowest BCUT2D eigenvalue weighted by Crippen LogP contribution is -2.46. The smallest absolute Gasteiger partial charge is 0.313 e. The second kappa shape index (κ2) is 20.9. The maximum absolute atomic E-state index is 13.6. The molecule has 16 atom stereocenters. The average Bonchev–Trinajstić information content (AvgIpc) is 4.23. The maximum Gasteiger partial charge on any atom is 0.313 e. The van der Waals surface area contributed by atoms with Crippen LogP contribution < -0.4 is 52.5 Å². The Morgan fingerprint density at radius 3 is 1.92 bits per heavy atom. The second-order valence-electron chi connectivity index (χ2n) is 16.8. The lowest BCUT2D eigenvalue weighted by molar-refractivity contribution is -0.745. The molecule has 0 aliphatic carbocycles. The highest BCUT2D eigenvalue weighted by molar-refractivity contribution is 7.65. The number of aliphatic hydroxyl groups excluding tert-OH is 4. The van der Waals surface area contributed by atoms with Crippen molar-refractivity contribution in [3.05, 3.63) is 46.0 Å². The summed E-state index contributed by atoms with van der Waals surface area (Å²) < 4.78 is 106. The van der Waals surface area contributed by atoms with Crippen LogP contribution in [0.1, 0.15) is 25.6 Å². The first-order valence-corrected chi connectivity index (χ1v) is 27.4. The van der Waals surface area contributed by atoms with E-state index in [1.165, 1.54) is 17.9 Å². The Balaban J connectivity index is 0.882. The largest absolute Gasteiger partial charge is 0.756 e. The van der Waals surface area contributed by atoms with Crippen molar-refractivity contribution in [3.8, 4) is 0 Å². The van der Waals surface area contributed by atoms with Crippen LogP contribution >= 0.6 is 31.3 Å². The number of hydrogen-bond acceptors (Lipinski definition) is 34. The number of aliphatic hydroxyl groups is 4. The molecule has 44 heteroatoms. The first-order chi connectivity index (χ1) is 36.0. The van der Waals surface area contributed by atoms with Crippen LogP contribution in [-0.4, -0.2) is 155 Å². The number of phosphoric acid groups is 4. The molecule has 9 rings (SSSR count). The Morgan fingerprint density at radius 1 is 0.701 bits per heavy atom. The summed E-state index contributed by atoms with van der Waals surface area (Å²) in [5, 5.41) is 43.1. The van der Waals surface area contributed by atoms with Gasteiger partial charge in [0.05, 0.1) is 39.5 Å². The van der Waals surface area contributed by atoms with Gasteiger partial charge in [0, 0.05) is 6.92 Å². The van der Waals surface area contributed by atoms with Gasteiger partial charge in [0.1, 0.15) is 60.7 Å². The van der Waals surface area contributed by atoms with Gasteiger partial charge >= 0.3 is 11.6 Å². The third kappa shape index (κ3) is 11.5. The number of H-pyrrole nitrogens is 2. The maximum atomic E-state index is 13.6. The number of aromatic amines is 2. The fourth-order valence-electron chi connectivity index (χ4n) is 8.33. The molecular weight excluding hydrogens is 1130 g/mol. The highest BCUT2D eigenvalue weighted by atomic mass is 31.3. The number of carbonyl (C=O) groups is 1. The van der Waals surface area contributed by atoms with Crippen molar-refractivity contribution in [1.82, 2.24) is 53.6 Å². The lowest BCUT2D eigenvalue weighted by atomic mass is 10.1. The van der Waals surface area contributed by atoms with Crippen molar-refractivity contribution in [2.24, 2.45) is 7.05 Å². The van der Waals surface area contributed by atoms with Crippen molar-refractivity contribution in [3.63, 3.8) is 0 Å². The summed E-state index contributed by atoms with van der Waals surface area (Å²) in [6, 6.07) is 0. The molecule has 0 saturated carbocycles. The number of carbonyl (C=O) groups excluding carboxylic acids is 1. The van der Waals surface area contributed by atoms with Gasteiger partial charge in [-0.3, -0.25) is 56.3 Å². The van der Waals surface area contributed by atoms with Gasteiger partial charge in [0.15, 0.2) is 47.5 Å². The van der Waals surface area contributed by atoms with Gasteiger partial charge in [-0.15, -0.1) is 0 Å². The zero-order valence-corrected chi connectivity index (χ0v) is 42.3. The molecule has 77 heavy (non-hydrogen) atoms. The molecule has 0 bridgehead atoms. The fourth-order valence-corrected chi connectivity index (χ4v) is 12.7. The van der Waals surface area contributed by atoms with Crippen LogP contribution in [0.2, 0.25) is 0 Å². The number of nitrogens with two attached hydrogens (primary N) is 3. The minimum Gasteiger partial charge on any atom is -0.756 e. The molecule has 3 aliphatic heterocycles. The number of esters is 1. The van der Waals surface area contributed by atoms with E-state index in [2.05, 4.69) is 57.5 Å². The Morgan fingerprint density at radius 2 is 1.26 bits per heavy atom. The number of hydrogen-bond donors (Lipinski definition) is 9. The summed E-state index contributed by atoms with van der Waals surface area (Å²) in [7, 11) is -23.7. The number of ether oxygens (including phenoxy) is 4. The second-order valence-corrected chi connectivity index (χ2v) is 22.6. The van der Waals surface area contributed by atoms with Crippen LogP contribution in [0.5, 0.6) is 0 Å². The first-order valence-electron chi connectivity index (χ1n) is 21.6. The topological polar surface area (TPSA) is 591 Å². The summed E-state index contributed by atoms with van der Waals surface area (Å²) in [5.41, 5.74) is 14.8. The molecule has 16 unspecified atom stereocenters. The third-order valence-electron chi connectivity index (χ3n) is 11.6. The molecule has 420 valence electrons. The minimum atomic E-state index is -6.65. The average molecular weight is 1170 g/mol. The van der Waals surface area contributed by atoms with Crippen molar-refractivity contribution in [2.45, 2.75) is 80.5 Å². The van der Waals surface area contributed by atoms with E-state index in [9.17, 15) is 72.6 Å². The van der Waals surface area contributed by atoms with Crippen LogP contribution in [0.3, 0.4) is 0 Å². The Bertz CT molecular complexity index is 3580. The number of anilines is 3. The number of imidazole rings is 3. The van der Waals surface area contributed by atoms with Crippen LogP contribution in [0.4, 0.5) is 17.7 Å². The molecule has 9 heterocycles. The van der Waals surface area contributed by atoms with E-state index in [-0.39, 0.29) is 51.2 Å². The highest BCUT2D eigenvalue weighted by Crippen LogP contribution is 2.63. The molecular formula is C33H40N15O25P4-3. The fraction of sp³-hybridized carbons (Fsp3) is 0.515. The summed E-state index contributed by atoms with van der Waals surface area (Å²) in [6.07, 6.45) is -18.1. The van der Waals surface area contributed by atoms with E-state index in [1.54, 1.807) is 0 Å². The molecule has 3 aliphatic rings. The molecule has 40 nitrogen and oxygen atoms in total. The van der Waals surface area contributed by atoms with Crippen molar-refractivity contribution in [2.75, 3.05) is 37.0 Å². The molecule has 6 aromatic rings. The van der Waals surface area contributed by atoms with Crippen LogP contribution in [0.15, 0.2) is 34.9 Å². The Labute approximate surface area is 425 Å². The molecule has 6 aromatic heterocycles. The summed E-state index contributed by atoms with van der Waals surface area (Å²) in [5.74, 6) is -2.01. The standard InChI is InChI=1S/C33H43N15O25P4/c1-10(49)67-22-21(71-74(56,57)64-3-11-17(50)19(52)29(68-11)47-8-40-15-25(47)41-32(35)43-27(15)54)13(70-31(22)46-7-39-14-23(34)37-6-38-24(14)46)5-66-76(60,61)73-77(62,63)72-75(58,59)65-4-12-18(51)20(53)30(69-12)48-9-45(2)16-26(48)42-33(36)44-28(16)55/h6-9,11-13,17-22,29-31,50-53H,3-5H2,1-2H3,(H11-,34,35,36,37,38,41,42,43,44,54,55,56,57,58,59,60,61,62,63)/p-3. The van der Waals surface area contributed by atoms with Crippen molar-refractivity contribution >= 4 is 88.5 Å². The number of aromatic nitrogens is 12. The van der Waals surface area contributed by atoms with Gasteiger partial charge in [0.2, 0.25) is 17.7 Å².